The molecule has 0 radical (unpaired) electrons. The molecule has 1 unspecified atom stereocenters. The molecule has 0 aromatic rings. The average molecular weight is 763 g/mol. The van der Waals surface area contributed by atoms with Crippen molar-refractivity contribution in [1.82, 2.24) is 0 Å². The summed E-state index contributed by atoms with van der Waals surface area (Å²) in [7, 11) is -4.61. The Kier molecular flexibility index (Phi) is 37.1. The van der Waals surface area contributed by atoms with Crippen LogP contribution < -0.4 is 0 Å². The maximum atomic E-state index is 12.6. The van der Waals surface area contributed by atoms with Crippen molar-refractivity contribution in [3.05, 3.63) is 12.2 Å². The summed E-state index contributed by atoms with van der Waals surface area (Å²) in [5, 5.41) is 18.3. The minimum absolute atomic E-state index is 0.187. The van der Waals surface area contributed by atoms with Crippen LogP contribution in [0.25, 0.3) is 0 Å². The highest BCUT2D eigenvalue weighted by molar-refractivity contribution is 7.47. The quantitative estimate of drug-likeness (QED) is 0.0238. The molecule has 308 valence electrons. The summed E-state index contributed by atoms with van der Waals surface area (Å²) >= 11 is 0. The molecule has 3 N–H and O–H groups in total. The van der Waals surface area contributed by atoms with Crippen molar-refractivity contribution < 1.29 is 47.8 Å². The predicted octanol–water partition coefficient (Wildman–Crippen LogP) is 10.8. The van der Waals surface area contributed by atoms with Gasteiger partial charge in [0, 0.05) is 12.8 Å². The Morgan fingerprint density at radius 2 is 0.942 bits per heavy atom. The number of hydrogen-bond donors (Lipinski definition) is 3. The highest BCUT2D eigenvalue weighted by Gasteiger charge is 2.27. The molecule has 11 heteroatoms. The molecule has 52 heavy (non-hydrogen) atoms. The number of phosphoric ester groups is 1. The standard InChI is InChI=1S/C41H79O10P/c1-3-5-7-9-11-13-15-17-19-21-22-24-26-28-30-32-40(44)48-36-39(37-50-52(46,47)49-35-38(43)34-42)51-41(45)33-31-29-27-25-23-20-18-16-14-12-10-8-6-4-2/h21-22,38-39,42-43H,3-20,23-37H2,1-2H3,(H,46,47)/b22-21+/t38-,39+/m0/s1. The van der Waals surface area contributed by atoms with Crippen LogP contribution in [0.1, 0.15) is 200 Å². The molecule has 10 nitrogen and oxygen atoms in total. The second-order valence-corrected chi connectivity index (χ2v) is 15.8. The van der Waals surface area contributed by atoms with Gasteiger partial charge in [-0.05, 0) is 38.5 Å². The number of unbranched alkanes of at least 4 members (excludes halogenated alkanes) is 24. The Bertz CT molecular complexity index is 884. The summed E-state index contributed by atoms with van der Waals surface area (Å²) in [6.07, 6.45) is 34.6. The molecule has 0 saturated carbocycles. The number of ether oxygens (including phenoxy) is 2. The Balaban J connectivity index is 4.31. The summed E-state index contributed by atoms with van der Waals surface area (Å²) in [5.74, 6) is -0.934. The summed E-state index contributed by atoms with van der Waals surface area (Å²) in [6, 6.07) is 0. The van der Waals surface area contributed by atoms with E-state index in [1.54, 1.807) is 0 Å². The van der Waals surface area contributed by atoms with Crippen molar-refractivity contribution in [2.45, 2.75) is 212 Å². The molecular formula is C41H79O10P. The number of aliphatic hydroxyl groups is 2. The highest BCUT2D eigenvalue weighted by atomic mass is 31.2. The fourth-order valence-electron chi connectivity index (χ4n) is 5.87. The van der Waals surface area contributed by atoms with E-state index in [0.717, 1.165) is 44.9 Å². The zero-order valence-corrected chi connectivity index (χ0v) is 34.2. The van der Waals surface area contributed by atoms with Crippen molar-refractivity contribution in [2.24, 2.45) is 0 Å². The monoisotopic (exact) mass is 763 g/mol. The lowest BCUT2D eigenvalue weighted by Crippen LogP contribution is -2.29. The number of carbonyl (C=O) groups excluding carboxylic acids is 2. The fourth-order valence-corrected chi connectivity index (χ4v) is 6.66. The summed E-state index contributed by atoms with van der Waals surface area (Å²) < 4.78 is 32.7. The lowest BCUT2D eigenvalue weighted by molar-refractivity contribution is -0.161. The number of phosphoric acid groups is 1. The number of aliphatic hydroxyl groups excluding tert-OH is 2. The normalized spacial score (nSPS) is 14.0. The molecule has 0 aliphatic carbocycles. The van der Waals surface area contributed by atoms with Gasteiger partial charge in [-0.2, -0.15) is 0 Å². The minimum Gasteiger partial charge on any atom is -0.462 e. The first-order valence-electron chi connectivity index (χ1n) is 21.1. The van der Waals surface area contributed by atoms with E-state index < -0.39 is 51.8 Å². The SMILES string of the molecule is CCCCCCCCCC/C=C/CCCCCC(=O)OC[C@H](COP(=O)(O)OC[C@@H](O)CO)OC(=O)CCCCCCCCCCCCCCCC. The lowest BCUT2D eigenvalue weighted by atomic mass is 10.0. The maximum absolute atomic E-state index is 12.6. The first-order valence-corrected chi connectivity index (χ1v) is 22.6. The maximum Gasteiger partial charge on any atom is 0.472 e. The van der Waals surface area contributed by atoms with Crippen molar-refractivity contribution in [3.8, 4) is 0 Å². The molecule has 0 aliphatic heterocycles. The Morgan fingerprint density at radius 1 is 0.558 bits per heavy atom. The number of rotatable bonds is 40. The largest absolute Gasteiger partial charge is 0.472 e. The Hall–Kier alpha value is -1.29. The molecular weight excluding hydrogens is 683 g/mol. The lowest BCUT2D eigenvalue weighted by Gasteiger charge is -2.20. The van der Waals surface area contributed by atoms with Crippen molar-refractivity contribution in [2.75, 3.05) is 26.4 Å². The molecule has 0 bridgehead atoms. The molecule has 0 amide bonds. The third-order valence-corrected chi connectivity index (χ3v) is 10.1. The first kappa shape index (κ1) is 50.7. The van der Waals surface area contributed by atoms with E-state index in [-0.39, 0.29) is 19.4 Å². The second-order valence-electron chi connectivity index (χ2n) is 14.4. The van der Waals surface area contributed by atoms with E-state index in [0.29, 0.717) is 12.8 Å². The van der Waals surface area contributed by atoms with Crippen molar-refractivity contribution >= 4 is 19.8 Å². The second kappa shape index (κ2) is 38.0. The van der Waals surface area contributed by atoms with Crippen LogP contribution in [0.3, 0.4) is 0 Å². The third-order valence-electron chi connectivity index (χ3n) is 9.17. The van der Waals surface area contributed by atoms with Crippen LogP contribution in [0.15, 0.2) is 12.2 Å². The number of carbonyl (C=O) groups is 2. The van der Waals surface area contributed by atoms with Crippen molar-refractivity contribution in [3.63, 3.8) is 0 Å². The van der Waals surface area contributed by atoms with Crippen LogP contribution in [-0.4, -0.2) is 65.7 Å². The van der Waals surface area contributed by atoms with Crippen LogP contribution in [-0.2, 0) is 32.7 Å². The van der Waals surface area contributed by atoms with E-state index in [1.807, 2.05) is 0 Å². The van der Waals surface area contributed by atoms with Gasteiger partial charge in [-0.3, -0.25) is 18.6 Å². The van der Waals surface area contributed by atoms with E-state index in [2.05, 4.69) is 30.5 Å². The fraction of sp³-hybridized carbons (Fsp3) is 0.902. The van der Waals surface area contributed by atoms with Gasteiger partial charge in [-0.25, -0.2) is 4.57 Å². The van der Waals surface area contributed by atoms with Gasteiger partial charge in [0.05, 0.1) is 19.8 Å². The average Bonchev–Trinajstić information content (AvgIpc) is 3.13. The topological polar surface area (TPSA) is 149 Å². The van der Waals surface area contributed by atoms with E-state index in [1.165, 1.54) is 116 Å². The molecule has 0 aliphatic rings. The Labute approximate surface area is 317 Å². The smallest absolute Gasteiger partial charge is 0.462 e. The summed E-state index contributed by atoms with van der Waals surface area (Å²) in [5.41, 5.74) is 0. The van der Waals surface area contributed by atoms with Crippen LogP contribution in [0.4, 0.5) is 0 Å². The molecule has 0 saturated heterocycles. The van der Waals surface area contributed by atoms with Gasteiger partial charge in [0.2, 0.25) is 0 Å². The molecule has 0 heterocycles. The van der Waals surface area contributed by atoms with Gasteiger partial charge in [0.15, 0.2) is 6.10 Å². The highest BCUT2D eigenvalue weighted by Crippen LogP contribution is 2.43. The van der Waals surface area contributed by atoms with Gasteiger partial charge in [0.25, 0.3) is 0 Å². The summed E-state index contributed by atoms with van der Waals surface area (Å²) in [6.45, 7) is 2.38. The first-order chi connectivity index (χ1) is 25.2. The van der Waals surface area contributed by atoms with Crippen LogP contribution in [0.5, 0.6) is 0 Å². The van der Waals surface area contributed by atoms with Gasteiger partial charge in [-0.1, -0.05) is 161 Å². The van der Waals surface area contributed by atoms with Crippen LogP contribution in [0.2, 0.25) is 0 Å². The zero-order chi connectivity index (χ0) is 38.4. The van der Waals surface area contributed by atoms with Gasteiger partial charge >= 0.3 is 19.8 Å². The molecule has 0 spiro atoms. The van der Waals surface area contributed by atoms with Crippen molar-refractivity contribution in [1.29, 1.82) is 0 Å². The minimum atomic E-state index is -4.61. The number of esters is 2. The van der Waals surface area contributed by atoms with Crippen LogP contribution >= 0.6 is 7.82 Å². The molecule has 0 rings (SSSR count). The van der Waals surface area contributed by atoms with Gasteiger partial charge in [0.1, 0.15) is 12.7 Å². The third kappa shape index (κ3) is 37.0. The predicted molar refractivity (Wildman–Crippen MR) is 210 cm³/mol. The van der Waals surface area contributed by atoms with E-state index in [9.17, 15) is 24.2 Å². The number of hydrogen-bond acceptors (Lipinski definition) is 9. The van der Waals surface area contributed by atoms with Crippen LogP contribution in [0, 0.1) is 0 Å². The molecule has 0 fully saturated rings. The van der Waals surface area contributed by atoms with E-state index in [4.69, 9.17) is 19.1 Å². The molecule has 3 atom stereocenters. The zero-order valence-electron chi connectivity index (χ0n) is 33.3. The van der Waals surface area contributed by atoms with Gasteiger partial charge < -0.3 is 24.6 Å². The summed E-state index contributed by atoms with van der Waals surface area (Å²) in [4.78, 5) is 34.9. The number of allylic oxidation sites excluding steroid dienone is 2. The van der Waals surface area contributed by atoms with E-state index >= 15 is 0 Å². The van der Waals surface area contributed by atoms with Gasteiger partial charge in [-0.15, -0.1) is 0 Å². The molecule has 0 aromatic heterocycles. The Morgan fingerprint density at radius 3 is 1.40 bits per heavy atom. The molecule has 0 aromatic carbocycles.